The molecule has 2 saturated heterocycles. The number of benzene rings is 4. The van der Waals surface area contributed by atoms with Gasteiger partial charge in [0.05, 0.1) is 24.4 Å². The first-order valence-corrected chi connectivity index (χ1v) is 20.8. The first kappa shape index (κ1) is 42.8. The lowest BCUT2D eigenvalue weighted by Gasteiger charge is -2.35. The largest absolute Gasteiger partial charge is 0.489 e. The van der Waals surface area contributed by atoms with Gasteiger partial charge < -0.3 is 42.6 Å². The Kier molecular flexibility index (Phi) is 17.2. The van der Waals surface area contributed by atoms with Gasteiger partial charge in [-0.2, -0.15) is 0 Å². The molecule has 0 radical (unpaired) electrons. The standard InChI is InChI=1S/C48H62O9/c1-49-47(27-33-54-45-23-9-11-29-52-45,41-19-13-21-43(35-41)56-37-39-15-5-3-6-16-39)25-31-51-32-26-48(50-2,28-34-55-46-24-10-12-30-53-46)42-20-14-22-44(36-42)57-38-40-17-7-4-8-18-40/h3-8,13-22,35-36,45-46H,9-12,23-34,37-38H2,1-2H3. The van der Waals surface area contributed by atoms with E-state index in [2.05, 4.69) is 48.5 Å². The zero-order valence-electron chi connectivity index (χ0n) is 33.9. The van der Waals surface area contributed by atoms with E-state index in [-0.39, 0.29) is 12.6 Å². The molecule has 4 aromatic rings. The lowest BCUT2D eigenvalue weighted by atomic mass is 9.86. The van der Waals surface area contributed by atoms with Gasteiger partial charge in [-0.1, -0.05) is 84.9 Å². The molecule has 57 heavy (non-hydrogen) atoms. The number of methoxy groups -OCH3 is 2. The number of ether oxygens (including phenoxy) is 9. The van der Waals surface area contributed by atoms with Crippen molar-refractivity contribution < 1.29 is 42.6 Å². The predicted molar refractivity (Wildman–Crippen MR) is 220 cm³/mol. The first-order chi connectivity index (χ1) is 28.1. The summed E-state index contributed by atoms with van der Waals surface area (Å²) in [7, 11) is 3.54. The fourth-order valence-electron chi connectivity index (χ4n) is 7.66. The Bertz CT molecular complexity index is 1570. The highest BCUT2D eigenvalue weighted by Gasteiger charge is 2.35. The molecular formula is C48H62O9. The lowest BCUT2D eigenvalue weighted by Crippen LogP contribution is -2.35. The van der Waals surface area contributed by atoms with Crippen molar-refractivity contribution in [2.75, 3.05) is 53.9 Å². The molecule has 0 bridgehead atoms. The van der Waals surface area contributed by atoms with Crippen molar-refractivity contribution in [3.63, 3.8) is 0 Å². The molecule has 2 fully saturated rings. The zero-order chi connectivity index (χ0) is 39.4. The van der Waals surface area contributed by atoms with Crippen molar-refractivity contribution in [1.82, 2.24) is 0 Å². The van der Waals surface area contributed by atoms with E-state index in [9.17, 15) is 0 Å². The summed E-state index contributed by atoms with van der Waals surface area (Å²) >= 11 is 0. The maximum absolute atomic E-state index is 6.50. The van der Waals surface area contributed by atoms with E-state index < -0.39 is 11.2 Å². The number of hydrogen-bond donors (Lipinski definition) is 0. The summed E-state index contributed by atoms with van der Waals surface area (Å²) in [6.45, 7) is 4.37. The van der Waals surface area contributed by atoms with E-state index in [0.29, 0.717) is 65.3 Å². The fourth-order valence-corrected chi connectivity index (χ4v) is 7.66. The second kappa shape index (κ2) is 23.0. The highest BCUT2D eigenvalue weighted by molar-refractivity contribution is 5.34. The molecule has 4 atom stereocenters. The normalized spacial score (nSPS) is 19.3. The summed E-state index contributed by atoms with van der Waals surface area (Å²) < 4.78 is 56.1. The predicted octanol–water partition coefficient (Wildman–Crippen LogP) is 9.89. The van der Waals surface area contributed by atoms with Crippen LogP contribution in [0.15, 0.2) is 109 Å². The molecule has 0 aliphatic carbocycles. The van der Waals surface area contributed by atoms with E-state index in [1.807, 2.05) is 60.7 Å². The van der Waals surface area contributed by atoms with E-state index in [1.54, 1.807) is 14.2 Å². The van der Waals surface area contributed by atoms with Gasteiger partial charge in [0.2, 0.25) is 0 Å². The number of hydrogen-bond acceptors (Lipinski definition) is 9. The van der Waals surface area contributed by atoms with Crippen molar-refractivity contribution >= 4 is 0 Å². The molecule has 0 spiro atoms. The molecule has 2 aliphatic rings. The molecule has 0 aromatic heterocycles. The Morgan fingerprint density at radius 1 is 0.509 bits per heavy atom. The summed E-state index contributed by atoms with van der Waals surface area (Å²) in [5.41, 5.74) is 2.93. The van der Waals surface area contributed by atoms with E-state index in [0.717, 1.165) is 85.5 Å². The van der Waals surface area contributed by atoms with Crippen LogP contribution in [0.2, 0.25) is 0 Å². The van der Waals surface area contributed by atoms with Crippen LogP contribution in [0.5, 0.6) is 11.5 Å². The van der Waals surface area contributed by atoms with E-state index in [1.165, 1.54) is 0 Å². The molecule has 9 nitrogen and oxygen atoms in total. The van der Waals surface area contributed by atoms with Crippen LogP contribution in [-0.2, 0) is 57.6 Å². The van der Waals surface area contributed by atoms with Crippen LogP contribution in [0.25, 0.3) is 0 Å². The Balaban J connectivity index is 1.13. The van der Waals surface area contributed by atoms with Crippen LogP contribution in [0.1, 0.15) is 86.5 Å². The summed E-state index contributed by atoms with van der Waals surface area (Å²) in [6, 6.07) is 36.8. The molecular weight excluding hydrogens is 721 g/mol. The lowest BCUT2D eigenvalue weighted by molar-refractivity contribution is -0.174. The van der Waals surface area contributed by atoms with Gasteiger partial charge in [-0.3, -0.25) is 0 Å². The Labute approximate surface area is 339 Å². The molecule has 308 valence electrons. The molecule has 0 amide bonds. The molecule has 2 aliphatic heterocycles. The van der Waals surface area contributed by atoms with Crippen molar-refractivity contribution in [1.29, 1.82) is 0 Å². The Hall–Kier alpha value is -3.80. The minimum atomic E-state index is -0.669. The molecule has 4 aromatic carbocycles. The molecule has 0 N–H and O–H groups in total. The van der Waals surface area contributed by atoms with Crippen LogP contribution < -0.4 is 9.47 Å². The van der Waals surface area contributed by atoms with Crippen molar-refractivity contribution in [3.8, 4) is 11.5 Å². The smallest absolute Gasteiger partial charge is 0.157 e. The molecule has 2 heterocycles. The van der Waals surface area contributed by atoms with Gasteiger partial charge in [-0.15, -0.1) is 0 Å². The van der Waals surface area contributed by atoms with Crippen molar-refractivity contribution in [2.45, 2.75) is 101 Å². The van der Waals surface area contributed by atoms with Crippen LogP contribution >= 0.6 is 0 Å². The highest BCUT2D eigenvalue weighted by atomic mass is 16.7. The Morgan fingerprint density at radius 3 is 1.35 bits per heavy atom. The first-order valence-electron chi connectivity index (χ1n) is 20.8. The minimum absolute atomic E-state index is 0.178. The van der Waals surface area contributed by atoms with Gasteiger partial charge in [0.15, 0.2) is 12.6 Å². The van der Waals surface area contributed by atoms with Gasteiger partial charge in [0, 0.05) is 66.3 Å². The maximum atomic E-state index is 6.50. The summed E-state index contributed by atoms with van der Waals surface area (Å²) in [6.07, 6.45) is 8.35. The average molecular weight is 783 g/mol. The van der Waals surface area contributed by atoms with Crippen LogP contribution in [0.4, 0.5) is 0 Å². The maximum Gasteiger partial charge on any atom is 0.157 e. The van der Waals surface area contributed by atoms with Gasteiger partial charge in [-0.05, 0) is 85.0 Å². The third-order valence-corrected chi connectivity index (χ3v) is 11.2. The minimum Gasteiger partial charge on any atom is -0.489 e. The summed E-state index contributed by atoms with van der Waals surface area (Å²) in [4.78, 5) is 0. The zero-order valence-corrected chi connectivity index (χ0v) is 33.9. The topological polar surface area (TPSA) is 83.1 Å². The van der Waals surface area contributed by atoms with Gasteiger partial charge in [-0.25, -0.2) is 0 Å². The molecule has 9 heteroatoms. The SMILES string of the molecule is COC(CCOCCC(CCOC1CCCCO1)(OC)c1cccc(OCc2ccccc2)c1)(CCOC1CCCCO1)c1cccc(OCc2ccccc2)c1. The second-order valence-electron chi connectivity index (χ2n) is 14.9. The average Bonchev–Trinajstić information content (AvgIpc) is 3.28. The van der Waals surface area contributed by atoms with Crippen molar-refractivity contribution in [2.24, 2.45) is 0 Å². The number of rotatable bonds is 24. The third-order valence-electron chi connectivity index (χ3n) is 11.2. The Morgan fingerprint density at radius 2 is 0.947 bits per heavy atom. The van der Waals surface area contributed by atoms with Crippen LogP contribution in [0.3, 0.4) is 0 Å². The van der Waals surface area contributed by atoms with Gasteiger partial charge in [0.1, 0.15) is 24.7 Å². The van der Waals surface area contributed by atoms with E-state index in [4.69, 9.17) is 42.6 Å². The summed E-state index contributed by atoms with van der Waals surface area (Å²) in [5.74, 6) is 1.58. The third kappa shape index (κ3) is 13.1. The molecule has 4 unspecified atom stereocenters. The van der Waals surface area contributed by atoms with Gasteiger partial charge in [0.25, 0.3) is 0 Å². The van der Waals surface area contributed by atoms with Crippen molar-refractivity contribution in [3.05, 3.63) is 131 Å². The second-order valence-corrected chi connectivity index (χ2v) is 14.9. The molecule has 6 rings (SSSR count). The monoisotopic (exact) mass is 782 g/mol. The highest BCUT2D eigenvalue weighted by Crippen LogP contribution is 2.38. The summed E-state index contributed by atoms with van der Waals surface area (Å²) in [5, 5.41) is 0. The molecule has 0 saturated carbocycles. The van der Waals surface area contributed by atoms with Crippen LogP contribution in [-0.4, -0.2) is 66.4 Å². The fraction of sp³-hybridized carbons (Fsp3) is 0.500. The van der Waals surface area contributed by atoms with Crippen LogP contribution in [0, 0.1) is 0 Å². The van der Waals surface area contributed by atoms with Gasteiger partial charge >= 0.3 is 0 Å². The van der Waals surface area contributed by atoms with E-state index >= 15 is 0 Å². The quantitative estimate of drug-likeness (QED) is 0.0646.